The number of methoxy groups -OCH3 is 1. The normalized spacial score (nSPS) is 27.3. The van der Waals surface area contributed by atoms with Crippen LogP contribution in [0.4, 0.5) is 0 Å². The van der Waals surface area contributed by atoms with Crippen molar-refractivity contribution in [3.05, 3.63) is 0 Å². The molecule has 0 amide bonds. The number of nitrogens with zero attached hydrogens (tertiary/aromatic N) is 1. The third kappa shape index (κ3) is 2.43. The van der Waals surface area contributed by atoms with Gasteiger partial charge in [-0.15, -0.1) is 0 Å². The number of hydrogen-bond acceptors (Lipinski definition) is 3. The topological polar surface area (TPSA) is 24.5 Å². The zero-order valence-corrected chi connectivity index (χ0v) is 7.47. The molecule has 1 heterocycles. The SMILES string of the molecule is CNN1CCCCC1COC. The third-order valence-corrected chi connectivity index (χ3v) is 2.27. The van der Waals surface area contributed by atoms with Gasteiger partial charge >= 0.3 is 0 Å². The van der Waals surface area contributed by atoms with Crippen molar-refractivity contribution in [2.45, 2.75) is 25.3 Å². The van der Waals surface area contributed by atoms with Crippen LogP contribution in [0.15, 0.2) is 0 Å². The van der Waals surface area contributed by atoms with E-state index in [1.807, 2.05) is 7.05 Å². The van der Waals surface area contributed by atoms with Gasteiger partial charge in [0.2, 0.25) is 0 Å². The molecule has 1 saturated heterocycles. The van der Waals surface area contributed by atoms with E-state index in [9.17, 15) is 0 Å². The monoisotopic (exact) mass is 158 g/mol. The lowest BCUT2D eigenvalue weighted by atomic mass is 10.1. The molecule has 0 spiro atoms. The number of ether oxygens (including phenoxy) is 1. The minimum atomic E-state index is 0.582. The average molecular weight is 158 g/mol. The molecule has 3 heteroatoms. The van der Waals surface area contributed by atoms with Crippen molar-refractivity contribution in [3.63, 3.8) is 0 Å². The smallest absolute Gasteiger partial charge is 0.0632 e. The van der Waals surface area contributed by atoms with Crippen LogP contribution in [0, 0.1) is 0 Å². The number of hydrazine groups is 1. The van der Waals surface area contributed by atoms with Gasteiger partial charge < -0.3 is 4.74 Å². The number of nitrogens with one attached hydrogen (secondary N) is 1. The van der Waals surface area contributed by atoms with Crippen molar-refractivity contribution < 1.29 is 4.74 Å². The summed E-state index contributed by atoms with van der Waals surface area (Å²) in [6.45, 7) is 2.01. The van der Waals surface area contributed by atoms with Crippen molar-refractivity contribution in [1.82, 2.24) is 10.4 Å². The largest absolute Gasteiger partial charge is 0.383 e. The lowest BCUT2D eigenvalue weighted by Gasteiger charge is -2.34. The summed E-state index contributed by atoms with van der Waals surface area (Å²) >= 11 is 0. The number of piperidine rings is 1. The molecule has 1 atom stereocenters. The van der Waals surface area contributed by atoms with Gasteiger partial charge in [-0.25, -0.2) is 5.01 Å². The predicted octanol–water partition coefficient (Wildman–Crippen LogP) is 0.622. The first-order chi connectivity index (χ1) is 5.38. The van der Waals surface area contributed by atoms with Gasteiger partial charge in [0.1, 0.15) is 0 Å². The summed E-state index contributed by atoms with van der Waals surface area (Å²) in [6, 6.07) is 0.582. The second kappa shape index (κ2) is 4.70. The summed E-state index contributed by atoms with van der Waals surface area (Å²) in [7, 11) is 3.75. The molecule has 1 N–H and O–H groups in total. The molecule has 66 valence electrons. The van der Waals surface area contributed by atoms with E-state index in [0.29, 0.717) is 6.04 Å². The van der Waals surface area contributed by atoms with Crippen LogP contribution in [0.1, 0.15) is 19.3 Å². The summed E-state index contributed by atoms with van der Waals surface area (Å²) in [4.78, 5) is 0. The Balaban J connectivity index is 2.31. The summed E-state index contributed by atoms with van der Waals surface area (Å²) in [5.74, 6) is 0. The molecule has 0 aromatic carbocycles. The average Bonchev–Trinajstić information content (AvgIpc) is 2.06. The third-order valence-electron chi connectivity index (χ3n) is 2.27. The molecule has 0 aliphatic carbocycles. The van der Waals surface area contributed by atoms with Crippen LogP contribution >= 0.6 is 0 Å². The van der Waals surface area contributed by atoms with Gasteiger partial charge in [-0.1, -0.05) is 6.42 Å². The first-order valence-electron chi connectivity index (χ1n) is 4.31. The van der Waals surface area contributed by atoms with E-state index in [4.69, 9.17) is 4.74 Å². The van der Waals surface area contributed by atoms with Crippen molar-refractivity contribution in [1.29, 1.82) is 0 Å². The minimum absolute atomic E-state index is 0.582. The van der Waals surface area contributed by atoms with E-state index in [-0.39, 0.29) is 0 Å². The Morgan fingerprint density at radius 1 is 1.55 bits per heavy atom. The molecule has 1 aliphatic rings. The van der Waals surface area contributed by atoms with Crippen molar-refractivity contribution in [2.24, 2.45) is 0 Å². The van der Waals surface area contributed by atoms with Gasteiger partial charge in [0.15, 0.2) is 0 Å². The van der Waals surface area contributed by atoms with Gasteiger partial charge in [-0.2, -0.15) is 0 Å². The molecule has 0 radical (unpaired) electrons. The molecule has 0 aromatic heterocycles. The maximum absolute atomic E-state index is 5.13. The summed E-state index contributed by atoms with van der Waals surface area (Å²) in [6.07, 6.45) is 3.90. The number of rotatable bonds is 3. The molecule has 1 fully saturated rings. The van der Waals surface area contributed by atoms with E-state index >= 15 is 0 Å². The Morgan fingerprint density at radius 2 is 2.36 bits per heavy atom. The Morgan fingerprint density at radius 3 is 3.00 bits per heavy atom. The molecule has 1 aliphatic heterocycles. The second-order valence-electron chi connectivity index (χ2n) is 3.02. The summed E-state index contributed by atoms with van der Waals surface area (Å²) in [5.41, 5.74) is 3.19. The summed E-state index contributed by atoms with van der Waals surface area (Å²) in [5, 5.41) is 2.27. The standard InChI is InChI=1S/C8H18N2O/c1-9-10-6-4-3-5-8(10)7-11-2/h8-9H,3-7H2,1-2H3. The quantitative estimate of drug-likeness (QED) is 0.651. The van der Waals surface area contributed by atoms with Crippen LogP contribution in [0.5, 0.6) is 0 Å². The van der Waals surface area contributed by atoms with Crippen molar-refractivity contribution in [2.75, 3.05) is 27.3 Å². The van der Waals surface area contributed by atoms with Crippen LogP contribution in [0.2, 0.25) is 0 Å². The Kier molecular flexibility index (Phi) is 3.83. The van der Waals surface area contributed by atoms with Crippen LogP contribution in [-0.4, -0.2) is 38.4 Å². The molecule has 0 bridgehead atoms. The van der Waals surface area contributed by atoms with Gasteiger partial charge in [-0.3, -0.25) is 5.43 Å². The van der Waals surface area contributed by atoms with Crippen molar-refractivity contribution >= 4 is 0 Å². The van der Waals surface area contributed by atoms with Gasteiger partial charge in [0.05, 0.1) is 6.61 Å². The molecule has 11 heavy (non-hydrogen) atoms. The van der Waals surface area contributed by atoms with E-state index in [1.54, 1.807) is 7.11 Å². The molecule has 1 unspecified atom stereocenters. The highest BCUT2D eigenvalue weighted by Gasteiger charge is 2.20. The Bertz CT molecular complexity index is 106. The van der Waals surface area contributed by atoms with Gasteiger partial charge in [0, 0.05) is 19.7 Å². The molecular formula is C8H18N2O. The minimum Gasteiger partial charge on any atom is -0.383 e. The first-order valence-corrected chi connectivity index (χ1v) is 4.31. The highest BCUT2D eigenvalue weighted by atomic mass is 16.5. The molecule has 3 nitrogen and oxygen atoms in total. The molecule has 0 saturated carbocycles. The van der Waals surface area contributed by atoms with E-state index in [2.05, 4.69) is 10.4 Å². The lowest BCUT2D eigenvalue weighted by Crippen LogP contribution is -2.48. The van der Waals surface area contributed by atoms with Crippen LogP contribution in [0.3, 0.4) is 0 Å². The van der Waals surface area contributed by atoms with Crippen LogP contribution < -0.4 is 5.43 Å². The molecule has 0 aromatic rings. The number of hydrogen-bond donors (Lipinski definition) is 1. The fourth-order valence-electron chi connectivity index (χ4n) is 1.66. The highest BCUT2D eigenvalue weighted by molar-refractivity contribution is 4.72. The maximum atomic E-state index is 5.13. The van der Waals surface area contributed by atoms with Gasteiger partial charge in [-0.05, 0) is 19.9 Å². The fraction of sp³-hybridized carbons (Fsp3) is 1.00. The predicted molar refractivity (Wildman–Crippen MR) is 45.3 cm³/mol. The molecular weight excluding hydrogens is 140 g/mol. The van der Waals surface area contributed by atoms with Crippen molar-refractivity contribution in [3.8, 4) is 0 Å². The summed E-state index contributed by atoms with van der Waals surface area (Å²) < 4.78 is 5.13. The van der Waals surface area contributed by atoms with Crippen LogP contribution in [-0.2, 0) is 4.74 Å². The molecule has 1 rings (SSSR count). The maximum Gasteiger partial charge on any atom is 0.0632 e. The highest BCUT2D eigenvalue weighted by Crippen LogP contribution is 2.14. The lowest BCUT2D eigenvalue weighted by molar-refractivity contribution is 0.0364. The zero-order valence-electron chi connectivity index (χ0n) is 7.47. The Labute approximate surface area is 68.7 Å². The fourth-order valence-corrected chi connectivity index (χ4v) is 1.66. The first kappa shape index (κ1) is 8.97. The van der Waals surface area contributed by atoms with Gasteiger partial charge in [0.25, 0.3) is 0 Å². The second-order valence-corrected chi connectivity index (χ2v) is 3.02. The van der Waals surface area contributed by atoms with E-state index in [0.717, 1.165) is 13.2 Å². The Hall–Kier alpha value is -0.120. The van der Waals surface area contributed by atoms with Crippen LogP contribution in [0.25, 0.3) is 0 Å². The zero-order chi connectivity index (χ0) is 8.10. The van der Waals surface area contributed by atoms with E-state index in [1.165, 1.54) is 19.3 Å². The van der Waals surface area contributed by atoms with E-state index < -0.39 is 0 Å².